The Morgan fingerprint density at radius 3 is 2.57 bits per heavy atom. The van der Waals surface area contributed by atoms with Crippen molar-refractivity contribution < 1.29 is 14.7 Å². The molecule has 1 aliphatic heterocycles. The van der Waals surface area contributed by atoms with Crippen LogP contribution in [0.5, 0.6) is 0 Å². The molecule has 3 rings (SSSR count). The number of carboxylic acids is 1. The molecule has 2 N–H and O–H groups in total. The number of nitriles is 1. The third-order valence-corrected chi connectivity index (χ3v) is 5.58. The summed E-state index contributed by atoms with van der Waals surface area (Å²) in [5, 5.41) is 20.9. The average Bonchev–Trinajstić information content (AvgIpc) is 2.68. The Bertz CT molecular complexity index is 791. The van der Waals surface area contributed by atoms with Gasteiger partial charge in [0.2, 0.25) is 0 Å². The number of hydrogen-bond acceptors (Lipinski definition) is 4. The fraction of sp³-hybridized carbons (Fsp3) is 0.476. The highest BCUT2D eigenvalue weighted by Gasteiger charge is 2.35. The molecule has 0 atom stereocenters. The number of likely N-dealkylation sites (N-methyl/N-ethyl adjacent to an activating group) is 1. The molecule has 2 amide bonds. The third kappa shape index (κ3) is 4.70. The Morgan fingerprint density at radius 2 is 2.04 bits per heavy atom. The summed E-state index contributed by atoms with van der Waals surface area (Å²) in [5.74, 6) is -0.812. The number of carbonyl (C=O) groups is 2. The molecule has 1 aromatic carbocycles. The fourth-order valence-electron chi connectivity index (χ4n) is 3.82. The monoisotopic (exact) mass is 382 g/mol. The number of amides is 2. The summed E-state index contributed by atoms with van der Waals surface area (Å²) >= 11 is 0. The van der Waals surface area contributed by atoms with Crippen molar-refractivity contribution in [2.75, 3.05) is 26.2 Å². The predicted octanol–water partition coefficient (Wildman–Crippen LogP) is 2.29. The van der Waals surface area contributed by atoms with Gasteiger partial charge in [-0.05, 0) is 49.1 Å². The number of urea groups is 1. The van der Waals surface area contributed by atoms with Crippen LogP contribution in [0.2, 0.25) is 0 Å². The fourth-order valence-corrected chi connectivity index (χ4v) is 3.82. The minimum Gasteiger partial charge on any atom is -0.480 e. The van der Waals surface area contributed by atoms with E-state index in [1.54, 1.807) is 4.90 Å². The minimum atomic E-state index is -0.812. The van der Waals surface area contributed by atoms with Crippen molar-refractivity contribution in [1.29, 1.82) is 5.26 Å². The van der Waals surface area contributed by atoms with Crippen LogP contribution in [0.25, 0.3) is 5.57 Å². The van der Waals surface area contributed by atoms with Crippen molar-refractivity contribution >= 4 is 17.6 Å². The van der Waals surface area contributed by atoms with Crippen LogP contribution >= 0.6 is 0 Å². The summed E-state index contributed by atoms with van der Waals surface area (Å²) < 4.78 is 0. The summed E-state index contributed by atoms with van der Waals surface area (Å²) in [6.07, 6.45) is 4.45. The number of nitrogens with zero attached hydrogens (tertiary/aromatic N) is 3. The molecule has 0 unspecified atom stereocenters. The number of rotatable bonds is 6. The maximum atomic E-state index is 12.5. The molecule has 2 aliphatic rings. The quantitative estimate of drug-likeness (QED) is 0.787. The van der Waals surface area contributed by atoms with E-state index in [1.165, 1.54) is 5.57 Å². The molecular weight excluding hydrogens is 356 g/mol. The van der Waals surface area contributed by atoms with Crippen molar-refractivity contribution in [2.24, 2.45) is 0 Å². The molecule has 0 radical (unpaired) electrons. The highest BCUT2D eigenvalue weighted by atomic mass is 16.4. The lowest BCUT2D eigenvalue weighted by Crippen LogP contribution is -2.57. The summed E-state index contributed by atoms with van der Waals surface area (Å²) in [6.45, 7) is 3.94. The lowest BCUT2D eigenvalue weighted by atomic mass is 9.85. The highest BCUT2D eigenvalue weighted by Crippen LogP contribution is 2.27. The van der Waals surface area contributed by atoms with E-state index in [1.807, 2.05) is 36.1 Å². The summed E-state index contributed by atoms with van der Waals surface area (Å²) in [7, 11) is 0. The zero-order valence-electron chi connectivity index (χ0n) is 16.1. The molecule has 0 spiro atoms. The molecule has 1 heterocycles. The predicted molar refractivity (Wildman–Crippen MR) is 106 cm³/mol. The molecule has 1 aromatic rings. The van der Waals surface area contributed by atoms with Gasteiger partial charge in [0.25, 0.3) is 0 Å². The number of benzene rings is 1. The molecule has 1 fully saturated rings. The molecule has 1 saturated carbocycles. The van der Waals surface area contributed by atoms with E-state index in [0.717, 1.165) is 24.8 Å². The normalized spacial score (nSPS) is 21.5. The van der Waals surface area contributed by atoms with Crippen molar-refractivity contribution in [3.05, 3.63) is 41.5 Å². The number of carbonyl (C=O) groups excluding carboxylic acids is 1. The van der Waals surface area contributed by atoms with Crippen molar-refractivity contribution in [3.8, 4) is 6.07 Å². The number of nitrogens with one attached hydrogen (secondary N) is 1. The van der Waals surface area contributed by atoms with E-state index in [0.29, 0.717) is 25.2 Å². The summed E-state index contributed by atoms with van der Waals surface area (Å²) in [5.41, 5.74) is 2.94. The topological polar surface area (TPSA) is 96.7 Å². The van der Waals surface area contributed by atoms with Crippen LogP contribution in [-0.4, -0.2) is 65.2 Å². The smallest absolute Gasteiger partial charge is 0.317 e. The lowest BCUT2D eigenvalue weighted by molar-refractivity contribution is -0.139. The molecule has 28 heavy (non-hydrogen) atoms. The maximum Gasteiger partial charge on any atom is 0.317 e. The van der Waals surface area contributed by atoms with Crippen LogP contribution in [0, 0.1) is 11.3 Å². The largest absolute Gasteiger partial charge is 0.480 e. The molecule has 1 aliphatic carbocycles. The van der Waals surface area contributed by atoms with Crippen LogP contribution in [0.15, 0.2) is 30.3 Å². The first kappa shape index (κ1) is 19.9. The van der Waals surface area contributed by atoms with Crippen molar-refractivity contribution in [3.63, 3.8) is 0 Å². The molecule has 0 aromatic heterocycles. The summed E-state index contributed by atoms with van der Waals surface area (Å²) in [4.78, 5) is 27.1. The number of aliphatic carboxylic acids is 1. The van der Waals surface area contributed by atoms with Gasteiger partial charge in [0, 0.05) is 25.2 Å². The van der Waals surface area contributed by atoms with Gasteiger partial charge >= 0.3 is 12.0 Å². The summed E-state index contributed by atoms with van der Waals surface area (Å²) in [6, 6.07) is 9.93. The van der Waals surface area contributed by atoms with Crippen LogP contribution in [0.1, 0.15) is 37.3 Å². The first-order chi connectivity index (χ1) is 13.5. The molecule has 7 nitrogen and oxygen atoms in total. The van der Waals surface area contributed by atoms with Crippen LogP contribution in [0.4, 0.5) is 4.79 Å². The van der Waals surface area contributed by atoms with Gasteiger partial charge in [-0.3, -0.25) is 9.69 Å². The zero-order chi connectivity index (χ0) is 20.1. The Kier molecular flexibility index (Phi) is 6.32. The standard InChI is InChI=1S/C21H26N4O3/c1-2-24(14-20(26)27)19-11-18(12-19)23-21(28)25-9-7-17(8-10-25)16-5-3-15(13-22)4-6-16/h3-7,18-19H,2,8-12,14H2,1H3,(H,23,28)(H,26,27). The van der Waals surface area contributed by atoms with Crippen LogP contribution < -0.4 is 5.32 Å². The van der Waals surface area contributed by atoms with Gasteiger partial charge in [-0.15, -0.1) is 0 Å². The van der Waals surface area contributed by atoms with Gasteiger partial charge in [0.1, 0.15) is 0 Å². The minimum absolute atomic E-state index is 0.0525. The molecular formula is C21H26N4O3. The van der Waals surface area contributed by atoms with Gasteiger partial charge in [0.05, 0.1) is 18.2 Å². The zero-order valence-corrected chi connectivity index (χ0v) is 16.1. The average molecular weight is 382 g/mol. The first-order valence-corrected chi connectivity index (χ1v) is 9.71. The van der Waals surface area contributed by atoms with E-state index in [9.17, 15) is 9.59 Å². The van der Waals surface area contributed by atoms with Gasteiger partial charge < -0.3 is 15.3 Å². The Hall–Kier alpha value is -2.85. The van der Waals surface area contributed by atoms with Gasteiger partial charge in [-0.2, -0.15) is 5.26 Å². The van der Waals surface area contributed by atoms with E-state index in [-0.39, 0.29) is 24.7 Å². The van der Waals surface area contributed by atoms with Gasteiger partial charge in [-0.1, -0.05) is 25.1 Å². The van der Waals surface area contributed by atoms with Gasteiger partial charge in [-0.25, -0.2) is 4.79 Å². The van der Waals surface area contributed by atoms with Crippen molar-refractivity contribution in [2.45, 2.75) is 38.3 Å². The Balaban J connectivity index is 1.46. The molecule has 7 heteroatoms. The van der Waals surface area contributed by atoms with Crippen LogP contribution in [-0.2, 0) is 4.79 Å². The Labute approximate surface area is 165 Å². The van der Waals surface area contributed by atoms with Crippen LogP contribution in [0.3, 0.4) is 0 Å². The second-order valence-corrected chi connectivity index (χ2v) is 7.34. The van der Waals surface area contributed by atoms with E-state index in [2.05, 4.69) is 17.5 Å². The Morgan fingerprint density at radius 1 is 1.32 bits per heavy atom. The van der Waals surface area contributed by atoms with Gasteiger partial charge in [0.15, 0.2) is 0 Å². The second-order valence-electron chi connectivity index (χ2n) is 7.34. The highest BCUT2D eigenvalue weighted by molar-refractivity contribution is 5.77. The maximum absolute atomic E-state index is 12.5. The molecule has 0 bridgehead atoms. The van der Waals surface area contributed by atoms with E-state index >= 15 is 0 Å². The first-order valence-electron chi connectivity index (χ1n) is 9.71. The molecule has 0 saturated heterocycles. The van der Waals surface area contributed by atoms with E-state index in [4.69, 9.17) is 10.4 Å². The molecule has 148 valence electrons. The number of hydrogen-bond donors (Lipinski definition) is 2. The second kappa shape index (κ2) is 8.89. The van der Waals surface area contributed by atoms with E-state index < -0.39 is 5.97 Å². The SMILES string of the molecule is CCN(CC(=O)O)C1CC(NC(=O)N2CC=C(c3ccc(C#N)cc3)CC2)C1. The number of carboxylic acid groups (broad SMARTS) is 1. The van der Waals surface area contributed by atoms with Crippen molar-refractivity contribution in [1.82, 2.24) is 15.1 Å². The lowest BCUT2D eigenvalue weighted by Gasteiger charge is -2.43. The third-order valence-electron chi connectivity index (χ3n) is 5.58.